The molecule has 0 aromatic carbocycles. The number of hydrogen-bond donors (Lipinski definition) is 0. The fourth-order valence-electron chi connectivity index (χ4n) is 0.770. The van der Waals surface area contributed by atoms with Gasteiger partial charge in [-0.05, 0) is 19.8 Å². The molecule has 0 aromatic rings. The molecule has 0 aliphatic heterocycles. The number of carbonyl (C=O) groups excluding carboxylic acids is 1. The van der Waals surface area contributed by atoms with Crippen LogP contribution in [0.3, 0.4) is 0 Å². The first-order valence-corrected chi connectivity index (χ1v) is 5.72. The van der Waals surface area contributed by atoms with Crippen LogP contribution in [0.4, 0.5) is 0 Å². The van der Waals surface area contributed by atoms with Gasteiger partial charge in [-0.3, -0.25) is 4.79 Å². The van der Waals surface area contributed by atoms with Gasteiger partial charge in [-0.25, -0.2) is 0 Å². The third-order valence-corrected chi connectivity index (χ3v) is 3.53. The van der Waals surface area contributed by atoms with E-state index in [1.807, 2.05) is 34.6 Å². The maximum absolute atomic E-state index is 11.8. The van der Waals surface area contributed by atoms with Gasteiger partial charge in [-0.1, -0.05) is 41.5 Å². The van der Waals surface area contributed by atoms with E-state index in [1.165, 1.54) is 0 Å². The molecule has 1 unspecified atom stereocenters. The lowest BCUT2D eigenvalue weighted by Crippen LogP contribution is -2.42. The molecule has 0 amide bonds. The van der Waals surface area contributed by atoms with E-state index in [0.717, 1.165) is 0 Å². The first kappa shape index (κ1) is 14.5. The number of carbonyl (C=O) groups is 1. The number of esters is 1. The van der Waals surface area contributed by atoms with Crippen molar-refractivity contribution >= 4 is 5.97 Å². The van der Waals surface area contributed by atoms with Crippen LogP contribution in [-0.4, -0.2) is 11.6 Å². The fraction of sp³-hybridized carbons (Fsp3) is 0.923. The lowest BCUT2D eigenvalue weighted by molar-refractivity contribution is -0.173. The average molecular weight is 214 g/mol. The molecule has 0 bridgehead atoms. The van der Waals surface area contributed by atoms with Gasteiger partial charge >= 0.3 is 5.97 Å². The van der Waals surface area contributed by atoms with E-state index < -0.39 is 5.60 Å². The minimum absolute atomic E-state index is 0.0355. The van der Waals surface area contributed by atoms with Crippen molar-refractivity contribution in [3.63, 3.8) is 0 Å². The van der Waals surface area contributed by atoms with Gasteiger partial charge in [0.05, 0.1) is 5.92 Å². The zero-order chi connectivity index (χ0) is 12.4. The van der Waals surface area contributed by atoms with Crippen molar-refractivity contribution in [1.82, 2.24) is 0 Å². The van der Waals surface area contributed by atoms with Gasteiger partial charge in [0.2, 0.25) is 0 Å². The summed E-state index contributed by atoms with van der Waals surface area (Å²) in [4.78, 5) is 11.8. The Balaban J connectivity index is 4.55. The summed E-state index contributed by atoms with van der Waals surface area (Å²) in [6.07, 6.45) is 0. The van der Waals surface area contributed by atoms with Gasteiger partial charge in [-0.2, -0.15) is 0 Å². The third kappa shape index (κ3) is 3.84. The third-order valence-electron chi connectivity index (χ3n) is 3.53. The van der Waals surface area contributed by atoms with Crippen molar-refractivity contribution in [1.29, 1.82) is 0 Å². The standard InChI is InChI=1S/C13H26O2/c1-9(2)10(3)11(14)15-13(7,8)12(4,5)6/h9-10H,1-8H3. The molecular weight excluding hydrogens is 188 g/mol. The molecule has 1 atom stereocenters. The highest BCUT2D eigenvalue weighted by atomic mass is 16.6. The molecule has 0 radical (unpaired) electrons. The second-order valence-corrected chi connectivity index (χ2v) is 6.21. The predicted molar refractivity (Wildman–Crippen MR) is 63.6 cm³/mol. The Labute approximate surface area is 94.4 Å². The molecule has 0 N–H and O–H groups in total. The summed E-state index contributed by atoms with van der Waals surface area (Å²) < 4.78 is 5.59. The Hall–Kier alpha value is -0.530. The van der Waals surface area contributed by atoms with Crippen molar-refractivity contribution in [2.24, 2.45) is 17.3 Å². The fourth-order valence-corrected chi connectivity index (χ4v) is 0.770. The molecule has 0 saturated heterocycles. The normalized spacial score (nSPS) is 15.3. The van der Waals surface area contributed by atoms with Crippen LogP contribution in [0.25, 0.3) is 0 Å². The van der Waals surface area contributed by atoms with Gasteiger partial charge in [-0.15, -0.1) is 0 Å². The van der Waals surface area contributed by atoms with E-state index in [9.17, 15) is 4.79 Å². The molecule has 15 heavy (non-hydrogen) atoms. The van der Waals surface area contributed by atoms with E-state index in [4.69, 9.17) is 4.74 Å². The van der Waals surface area contributed by atoms with Crippen LogP contribution in [0.2, 0.25) is 0 Å². The maximum atomic E-state index is 11.8. The zero-order valence-electron chi connectivity index (χ0n) is 11.5. The molecule has 0 saturated carbocycles. The summed E-state index contributed by atoms with van der Waals surface area (Å²) in [6, 6.07) is 0. The second kappa shape index (κ2) is 4.54. The molecule has 0 aliphatic rings. The summed E-state index contributed by atoms with van der Waals surface area (Å²) >= 11 is 0. The monoisotopic (exact) mass is 214 g/mol. The summed E-state index contributed by atoms with van der Waals surface area (Å²) in [5.74, 6) is 0.199. The largest absolute Gasteiger partial charge is 0.459 e. The van der Waals surface area contributed by atoms with Crippen LogP contribution in [0.5, 0.6) is 0 Å². The highest BCUT2D eigenvalue weighted by Gasteiger charge is 2.37. The number of ether oxygens (including phenoxy) is 1. The van der Waals surface area contributed by atoms with Gasteiger partial charge in [0.15, 0.2) is 0 Å². The minimum atomic E-state index is -0.423. The van der Waals surface area contributed by atoms with E-state index in [0.29, 0.717) is 5.92 Å². The van der Waals surface area contributed by atoms with Gasteiger partial charge in [0.1, 0.15) is 5.60 Å². The second-order valence-electron chi connectivity index (χ2n) is 6.21. The highest BCUT2D eigenvalue weighted by molar-refractivity contribution is 5.72. The molecule has 0 spiro atoms. The smallest absolute Gasteiger partial charge is 0.309 e. The van der Waals surface area contributed by atoms with Crippen LogP contribution >= 0.6 is 0 Å². The molecular formula is C13H26O2. The van der Waals surface area contributed by atoms with Gasteiger partial charge < -0.3 is 4.74 Å². The lowest BCUT2D eigenvalue weighted by Gasteiger charge is -2.39. The number of rotatable bonds is 3. The average Bonchev–Trinajstić information content (AvgIpc) is 1.99. The maximum Gasteiger partial charge on any atom is 0.309 e. The van der Waals surface area contributed by atoms with Gasteiger partial charge in [0, 0.05) is 5.41 Å². The van der Waals surface area contributed by atoms with Crippen molar-refractivity contribution in [3.8, 4) is 0 Å². The molecule has 2 nitrogen and oxygen atoms in total. The van der Waals surface area contributed by atoms with Crippen LogP contribution in [0.15, 0.2) is 0 Å². The Kier molecular flexibility index (Phi) is 4.38. The Morgan fingerprint density at radius 1 is 1.00 bits per heavy atom. The summed E-state index contributed by atoms with van der Waals surface area (Å²) in [6.45, 7) is 16.2. The SMILES string of the molecule is CC(C)C(C)C(=O)OC(C)(C)C(C)(C)C. The topological polar surface area (TPSA) is 26.3 Å². The Morgan fingerprint density at radius 3 is 1.67 bits per heavy atom. The van der Waals surface area contributed by atoms with E-state index in [2.05, 4.69) is 20.8 Å². The summed E-state index contributed by atoms with van der Waals surface area (Å²) in [7, 11) is 0. The molecule has 2 heteroatoms. The molecule has 0 aromatic heterocycles. The predicted octanol–water partition coefficient (Wildman–Crippen LogP) is 3.65. The van der Waals surface area contributed by atoms with Crippen LogP contribution < -0.4 is 0 Å². The molecule has 0 fully saturated rings. The van der Waals surface area contributed by atoms with E-state index >= 15 is 0 Å². The van der Waals surface area contributed by atoms with Crippen LogP contribution in [-0.2, 0) is 9.53 Å². The highest BCUT2D eigenvalue weighted by Crippen LogP contribution is 2.34. The van der Waals surface area contributed by atoms with Gasteiger partial charge in [0.25, 0.3) is 0 Å². The van der Waals surface area contributed by atoms with Crippen molar-refractivity contribution < 1.29 is 9.53 Å². The summed E-state index contributed by atoms with van der Waals surface area (Å²) in [5, 5.41) is 0. The van der Waals surface area contributed by atoms with Crippen molar-refractivity contribution in [2.75, 3.05) is 0 Å². The van der Waals surface area contributed by atoms with E-state index in [1.54, 1.807) is 0 Å². The minimum Gasteiger partial charge on any atom is -0.459 e. The first-order chi connectivity index (χ1) is 6.49. The summed E-state index contributed by atoms with van der Waals surface area (Å²) in [5.41, 5.74) is -0.466. The van der Waals surface area contributed by atoms with Crippen molar-refractivity contribution in [3.05, 3.63) is 0 Å². The quantitative estimate of drug-likeness (QED) is 0.670. The van der Waals surface area contributed by atoms with Crippen LogP contribution in [0.1, 0.15) is 55.4 Å². The lowest BCUT2D eigenvalue weighted by atomic mass is 9.79. The molecule has 0 rings (SSSR count). The molecule has 0 heterocycles. The van der Waals surface area contributed by atoms with E-state index in [-0.39, 0.29) is 17.3 Å². The zero-order valence-corrected chi connectivity index (χ0v) is 11.5. The Morgan fingerprint density at radius 2 is 1.40 bits per heavy atom. The molecule has 0 aliphatic carbocycles. The molecule has 90 valence electrons. The first-order valence-electron chi connectivity index (χ1n) is 5.72. The Bertz CT molecular complexity index is 221. The van der Waals surface area contributed by atoms with Crippen molar-refractivity contribution in [2.45, 2.75) is 61.0 Å². The van der Waals surface area contributed by atoms with Crippen LogP contribution in [0, 0.1) is 17.3 Å². The number of hydrogen-bond acceptors (Lipinski definition) is 2.